The Morgan fingerprint density at radius 1 is 1.20 bits per heavy atom. The zero-order chi connectivity index (χ0) is 13.3. The van der Waals surface area contributed by atoms with Crippen molar-refractivity contribution in [1.29, 1.82) is 0 Å². The molecule has 2 nitrogen and oxygen atoms in total. The summed E-state index contributed by atoms with van der Waals surface area (Å²) in [5.74, 6) is 1.69. The van der Waals surface area contributed by atoms with E-state index in [0.29, 0.717) is 6.04 Å². The van der Waals surface area contributed by atoms with Crippen molar-refractivity contribution in [3.63, 3.8) is 0 Å². The lowest BCUT2D eigenvalue weighted by Crippen LogP contribution is -2.54. The van der Waals surface area contributed by atoms with Crippen LogP contribution < -0.4 is 0 Å². The van der Waals surface area contributed by atoms with Crippen molar-refractivity contribution in [2.75, 3.05) is 6.54 Å². The van der Waals surface area contributed by atoms with E-state index in [9.17, 15) is 0 Å². The molecule has 104 valence electrons. The van der Waals surface area contributed by atoms with Crippen LogP contribution in [0.5, 0.6) is 0 Å². The van der Waals surface area contributed by atoms with Crippen LogP contribution in [0.2, 0.25) is 0 Å². The van der Waals surface area contributed by atoms with Gasteiger partial charge in [-0.2, -0.15) is 0 Å². The van der Waals surface area contributed by atoms with Gasteiger partial charge in [0.1, 0.15) is 0 Å². The van der Waals surface area contributed by atoms with Gasteiger partial charge in [-0.15, -0.1) is 0 Å². The number of para-hydroxylation sites is 1. The Kier molecular flexibility index (Phi) is 2.21. The number of hydrogen-bond donors (Lipinski definition) is 1. The van der Waals surface area contributed by atoms with Gasteiger partial charge in [-0.3, -0.25) is 4.90 Å². The van der Waals surface area contributed by atoms with E-state index in [-0.39, 0.29) is 0 Å². The first-order valence-corrected chi connectivity index (χ1v) is 8.16. The number of aromatic amines is 1. The van der Waals surface area contributed by atoms with E-state index in [4.69, 9.17) is 0 Å². The van der Waals surface area contributed by atoms with Gasteiger partial charge in [0.2, 0.25) is 0 Å². The molecular weight excluding hydrogens is 244 g/mol. The third-order valence-corrected chi connectivity index (χ3v) is 6.10. The highest BCUT2D eigenvalue weighted by molar-refractivity contribution is 5.85. The first-order valence-electron chi connectivity index (χ1n) is 8.16. The number of fused-ring (bicyclic) bond motifs is 4. The van der Waals surface area contributed by atoms with Crippen LogP contribution in [0.1, 0.15) is 43.4 Å². The van der Waals surface area contributed by atoms with Crippen molar-refractivity contribution in [3.05, 3.63) is 35.5 Å². The standard InChI is InChI=1S/C18H22N2/c1-11-8-14-13-4-2-3-5-16(13)19-18(14)15-9-12-6-7-17(15)20(11)10-12/h2-5,11-12,15,17,19H,6-10H2,1H3/t11-,12?,15?,17?/m0/s1. The summed E-state index contributed by atoms with van der Waals surface area (Å²) in [6, 6.07) is 10.4. The molecule has 20 heavy (non-hydrogen) atoms. The number of benzene rings is 1. The lowest BCUT2D eigenvalue weighted by atomic mass is 9.71. The molecule has 0 radical (unpaired) electrons. The summed E-state index contributed by atoms with van der Waals surface area (Å²) in [6.45, 7) is 3.79. The molecule has 3 aliphatic heterocycles. The molecule has 1 aromatic carbocycles. The molecule has 2 saturated heterocycles. The summed E-state index contributed by atoms with van der Waals surface area (Å²) in [6.07, 6.45) is 5.50. The van der Waals surface area contributed by atoms with E-state index < -0.39 is 0 Å². The number of piperidine rings is 2. The van der Waals surface area contributed by atoms with Crippen LogP contribution in [0.4, 0.5) is 0 Å². The second kappa shape index (κ2) is 3.88. The normalized spacial score (nSPS) is 38.8. The Balaban J connectivity index is 1.75. The summed E-state index contributed by atoms with van der Waals surface area (Å²) < 4.78 is 0. The Morgan fingerprint density at radius 3 is 3.00 bits per heavy atom. The summed E-state index contributed by atoms with van der Waals surface area (Å²) in [5, 5.41) is 1.47. The minimum absolute atomic E-state index is 0.700. The topological polar surface area (TPSA) is 19.0 Å². The van der Waals surface area contributed by atoms with Crippen molar-refractivity contribution < 1.29 is 0 Å². The quantitative estimate of drug-likeness (QED) is 0.770. The third-order valence-electron chi connectivity index (χ3n) is 6.10. The average molecular weight is 266 g/mol. The smallest absolute Gasteiger partial charge is 0.0459 e. The van der Waals surface area contributed by atoms with E-state index in [2.05, 4.69) is 41.1 Å². The molecule has 1 aromatic heterocycles. The van der Waals surface area contributed by atoms with Gasteiger partial charge in [0.25, 0.3) is 0 Å². The lowest BCUT2D eigenvalue weighted by Gasteiger charge is -2.50. The monoisotopic (exact) mass is 266 g/mol. The predicted molar refractivity (Wildman–Crippen MR) is 82.0 cm³/mol. The fourth-order valence-corrected chi connectivity index (χ4v) is 5.23. The molecule has 4 aliphatic rings. The highest BCUT2D eigenvalue weighted by atomic mass is 15.2. The van der Waals surface area contributed by atoms with Gasteiger partial charge in [0, 0.05) is 41.1 Å². The molecule has 0 amide bonds. The third kappa shape index (κ3) is 1.38. The van der Waals surface area contributed by atoms with Crippen LogP contribution in [0, 0.1) is 5.92 Å². The number of hydrogen-bond acceptors (Lipinski definition) is 1. The van der Waals surface area contributed by atoms with E-state index in [0.717, 1.165) is 17.9 Å². The molecule has 2 aromatic rings. The second-order valence-electron chi connectivity index (χ2n) is 7.17. The zero-order valence-corrected chi connectivity index (χ0v) is 12.1. The molecule has 0 spiro atoms. The van der Waals surface area contributed by atoms with Gasteiger partial charge in [0.05, 0.1) is 0 Å². The Bertz CT molecular complexity index is 671. The van der Waals surface area contributed by atoms with Crippen molar-refractivity contribution in [1.82, 2.24) is 9.88 Å². The van der Waals surface area contributed by atoms with Gasteiger partial charge >= 0.3 is 0 Å². The van der Waals surface area contributed by atoms with Crippen molar-refractivity contribution in [3.8, 4) is 0 Å². The van der Waals surface area contributed by atoms with Crippen LogP contribution in [0.3, 0.4) is 0 Å². The number of rotatable bonds is 0. The first kappa shape index (κ1) is 11.4. The molecule has 4 heterocycles. The van der Waals surface area contributed by atoms with Crippen LogP contribution in [0.25, 0.3) is 10.9 Å². The summed E-state index contributed by atoms with van der Waals surface area (Å²) in [7, 11) is 0. The van der Waals surface area contributed by atoms with Gasteiger partial charge < -0.3 is 4.98 Å². The molecule has 6 rings (SSSR count). The van der Waals surface area contributed by atoms with E-state index in [1.165, 1.54) is 43.1 Å². The van der Waals surface area contributed by atoms with Crippen LogP contribution in [-0.2, 0) is 6.42 Å². The molecule has 5 atom stereocenters. The predicted octanol–water partition coefficient (Wildman–Crippen LogP) is 3.68. The zero-order valence-electron chi connectivity index (χ0n) is 12.1. The maximum absolute atomic E-state index is 3.79. The molecule has 2 heteroatoms. The first-order chi connectivity index (χ1) is 9.81. The Hall–Kier alpha value is -1.28. The minimum Gasteiger partial charge on any atom is -0.358 e. The second-order valence-corrected chi connectivity index (χ2v) is 7.17. The number of H-pyrrole nitrogens is 1. The fraction of sp³-hybridized carbons (Fsp3) is 0.556. The highest BCUT2D eigenvalue weighted by Crippen LogP contribution is 2.49. The lowest BCUT2D eigenvalue weighted by molar-refractivity contribution is 0.00761. The number of nitrogens with one attached hydrogen (secondary N) is 1. The molecule has 1 aliphatic carbocycles. The molecule has 3 fully saturated rings. The molecule has 4 bridgehead atoms. The SMILES string of the molecule is C[C@H]1Cc2c([nH]c3ccccc23)C2CC3CCC2N1C3. The fourth-order valence-electron chi connectivity index (χ4n) is 5.23. The average Bonchev–Trinajstić information content (AvgIpc) is 2.83. The van der Waals surface area contributed by atoms with Gasteiger partial charge in [-0.25, -0.2) is 0 Å². The molecular formula is C18H22N2. The molecule has 1 saturated carbocycles. The van der Waals surface area contributed by atoms with Crippen molar-refractivity contribution in [2.45, 2.75) is 50.6 Å². The summed E-state index contributed by atoms with van der Waals surface area (Å²) in [5.41, 5.74) is 4.54. The van der Waals surface area contributed by atoms with Crippen molar-refractivity contribution >= 4 is 10.9 Å². The van der Waals surface area contributed by atoms with Crippen LogP contribution in [-0.4, -0.2) is 28.5 Å². The van der Waals surface area contributed by atoms with Crippen LogP contribution in [0.15, 0.2) is 24.3 Å². The maximum atomic E-state index is 3.79. The van der Waals surface area contributed by atoms with E-state index in [1.54, 1.807) is 11.3 Å². The number of aromatic nitrogens is 1. The Morgan fingerprint density at radius 2 is 2.10 bits per heavy atom. The number of nitrogens with zero attached hydrogens (tertiary/aromatic N) is 1. The van der Waals surface area contributed by atoms with Gasteiger partial charge in [0.15, 0.2) is 0 Å². The maximum Gasteiger partial charge on any atom is 0.0459 e. The Labute approximate surface area is 120 Å². The van der Waals surface area contributed by atoms with Crippen molar-refractivity contribution in [2.24, 2.45) is 5.92 Å². The summed E-state index contributed by atoms with van der Waals surface area (Å²) >= 11 is 0. The van der Waals surface area contributed by atoms with E-state index in [1.807, 2.05) is 0 Å². The van der Waals surface area contributed by atoms with Gasteiger partial charge in [-0.05, 0) is 50.2 Å². The highest BCUT2D eigenvalue weighted by Gasteiger charge is 2.46. The molecule has 4 unspecified atom stereocenters. The molecule has 1 N–H and O–H groups in total. The van der Waals surface area contributed by atoms with Gasteiger partial charge in [-0.1, -0.05) is 18.2 Å². The summed E-state index contributed by atoms with van der Waals surface area (Å²) in [4.78, 5) is 6.61. The largest absolute Gasteiger partial charge is 0.358 e. The van der Waals surface area contributed by atoms with Crippen LogP contribution >= 0.6 is 0 Å². The minimum atomic E-state index is 0.700. The van der Waals surface area contributed by atoms with E-state index >= 15 is 0 Å².